The van der Waals surface area contributed by atoms with Crippen LogP contribution in [0.4, 0.5) is 11.4 Å². The Kier molecular flexibility index (Phi) is 7.55. The van der Waals surface area contributed by atoms with Crippen molar-refractivity contribution in [3.05, 3.63) is 77.9 Å². The maximum absolute atomic E-state index is 13.4. The van der Waals surface area contributed by atoms with Gasteiger partial charge in [-0.15, -0.1) is 0 Å². The lowest BCUT2D eigenvalue weighted by Gasteiger charge is -2.34. The third-order valence-electron chi connectivity index (χ3n) is 7.70. The number of aryl methyl sites for hydroxylation is 1. The highest BCUT2D eigenvalue weighted by molar-refractivity contribution is 7.92. The van der Waals surface area contributed by atoms with Crippen LogP contribution in [0.1, 0.15) is 30.4 Å². The molecule has 2 aliphatic rings. The predicted octanol–water partition coefficient (Wildman–Crippen LogP) is 3.02. The van der Waals surface area contributed by atoms with Crippen LogP contribution in [-0.2, 0) is 14.8 Å². The van der Waals surface area contributed by atoms with Crippen LogP contribution in [0.5, 0.6) is 11.5 Å². The first-order chi connectivity index (χ1) is 18.7. The van der Waals surface area contributed by atoms with E-state index in [2.05, 4.69) is 32.2 Å². The number of piperidine rings is 1. The van der Waals surface area contributed by atoms with Crippen LogP contribution < -0.4 is 23.6 Å². The van der Waals surface area contributed by atoms with Crippen LogP contribution >= 0.6 is 0 Å². The van der Waals surface area contributed by atoms with Crippen molar-refractivity contribution < 1.29 is 27.6 Å². The summed E-state index contributed by atoms with van der Waals surface area (Å²) in [4.78, 5) is 17.0. The summed E-state index contributed by atoms with van der Waals surface area (Å²) >= 11 is 0. The Balaban J connectivity index is 1.26. The minimum atomic E-state index is -3.75. The minimum absolute atomic E-state index is 0.0635. The van der Waals surface area contributed by atoms with Gasteiger partial charge in [-0.05, 0) is 74.0 Å². The van der Waals surface area contributed by atoms with E-state index < -0.39 is 10.0 Å². The van der Waals surface area contributed by atoms with Crippen LogP contribution in [0, 0.1) is 6.92 Å². The van der Waals surface area contributed by atoms with Gasteiger partial charge in [0.25, 0.3) is 15.9 Å². The Bertz CT molecular complexity index is 1440. The molecule has 9 heteroatoms. The number of likely N-dealkylation sites (tertiary alicyclic amines) is 1. The highest BCUT2D eigenvalue weighted by atomic mass is 32.2. The molecule has 0 saturated carbocycles. The largest absolute Gasteiger partial charge is 0.494 e. The summed E-state index contributed by atoms with van der Waals surface area (Å²) in [6.45, 7) is 6.44. The molecule has 1 unspecified atom stereocenters. The topological polar surface area (TPSA) is 80.6 Å². The predicted molar refractivity (Wildman–Crippen MR) is 152 cm³/mol. The zero-order valence-corrected chi connectivity index (χ0v) is 23.7. The van der Waals surface area contributed by atoms with E-state index in [4.69, 9.17) is 9.47 Å². The van der Waals surface area contributed by atoms with Gasteiger partial charge in [0.2, 0.25) is 0 Å². The van der Waals surface area contributed by atoms with E-state index in [1.54, 1.807) is 36.4 Å². The number of ether oxygens (including phenoxy) is 2. The second-order valence-corrected chi connectivity index (χ2v) is 12.3. The number of hydrogen-bond acceptors (Lipinski definition) is 5. The number of anilines is 2. The first kappa shape index (κ1) is 27.0. The number of amides is 1. The average molecular weight is 551 g/mol. The number of sulfonamides is 1. The molecule has 206 valence electrons. The van der Waals surface area contributed by atoms with E-state index >= 15 is 0 Å². The first-order valence-electron chi connectivity index (χ1n) is 13.4. The summed E-state index contributed by atoms with van der Waals surface area (Å²) in [5, 5.41) is 0. The van der Waals surface area contributed by atoms with Gasteiger partial charge in [-0.3, -0.25) is 9.10 Å². The molecule has 2 heterocycles. The maximum Gasteiger partial charge on any atom is 0.265 e. The summed E-state index contributed by atoms with van der Waals surface area (Å²) in [6, 6.07) is 19.6. The number of nitrogens with zero attached hydrogens (tertiary/aromatic N) is 2. The van der Waals surface area contributed by atoms with E-state index in [-0.39, 0.29) is 23.5 Å². The molecule has 0 aliphatic carbocycles. The molecular formula is C30H36N3O5S+. The maximum atomic E-state index is 13.4. The van der Waals surface area contributed by atoms with Crippen molar-refractivity contribution in [3.8, 4) is 11.5 Å². The van der Waals surface area contributed by atoms with Gasteiger partial charge in [0, 0.05) is 19.2 Å². The molecule has 0 spiro atoms. The fraction of sp³-hybridized carbons (Fsp3) is 0.367. The number of nitrogens with one attached hydrogen (secondary N) is 1. The van der Waals surface area contributed by atoms with Crippen molar-refractivity contribution in [2.75, 3.05) is 49.6 Å². The average Bonchev–Trinajstić information content (AvgIpc) is 3.25. The molecule has 1 amide bonds. The highest BCUT2D eigenvalue weighted by Gasteiger charge is 2.45. The number of quaternary nitrogens is 1. The second kappa shape index (κ2) is 10.9. The fourth-order valence-corrected chi connectivity index (χ4v) is 6.86. The van der Waals surface area contributed by atoms with Gasteiger partial charge >= 0.3 is 0 Å². The molecule has 2 aliphatic heterocycles. The smallest absolute Gasteiger partial charge is 0.265 e. The number of benzene rings is 3. The van der Waals surface area contributed by atoms with Crippen LogP contribution in [0.2, 0.25) is 0 Å². The molecule has 0 aromatic heterocycles. The van der Waals surface area contributed by atoms with Gasteiger partial charge in [-0.25, -0.2) is 8.42 Å². The second-order valence-electron chi connectivity index (χ2n) is 10.4. The van der Waals surface area contributed by atoms with E-state index in [1.165, 1.54) is 39.5 Å². The van der Waals surface area contributed by atoms with Gasteiger partial charge in [-0.2, -0.15) is 0 Å². The number of carbonyl (C=O) groups excluding carboxylic acids is 1. The van der Waals surface area contributed by atoms with Crippen molar-refractivity contribution in [2.24, 2.45) is 0 Å². The monoisotopic (exact) mass is 550 g/mol. The molecular weight excluding hydrogens is 514 g/mol. The van der Waals surface area contributed by atoms with Gasteiger partial charge in [0.15, 0.2) is 6.61 Å². The normalized spacial score (nSPS) is 20.2. The van der Waals surface area contributed by atoms with Gasteiger partial charge in [0.1, 0.15) is 11.5 Å². The lowest BCUT2D eigenvalue weighted by molar-refractivity contribution is -0.886. The molecule has 39 heavy (non-hydrogen) atoms. The number of hydrogen-bond donors (Lipinski definition) is 1. The standard InChI is InChI=1S/C30H35N3O5S/c1-5-37-23-11-13-25(14-12-23)39(35,36)32(4)22-7-9-24(10-8-22)38-20-30(34)33-28-15-6-21(2)18-26(28)27-19-31(3)17-16-29(27)33/h6-15,18,27,29H,5,16-17,19-20H2,1-4H3/p+1/t27-,29-/m0/s1. The Hall–Kier alpha value is -3.56. The van der Waals surface area contributed by atoms with E-state index in [1.807, 2.05) is 11.8 Å². The third kappa shape index (κ3) is 5.33. The molecule has 8 nitrogen and oxygen atoms in total. The van der Waals surface area contributed by atoms with Crippen molar-refractivity contribution in [1.29, 1.82) is 0 Å². The molecule has 1 N–H and O–H groups in total. The minimum Gasteiger partial charge on any atom is -0.494 e. The molecule has 1 saturated heterocycles. The number of carbonyl (C=O) groups is 1. The highest BCUT2D eigenvalue weighted by Crippen LogP contribution is 2.43. The van der Waals surface area contributed by atoms with E-state index in [9.17, 15) is 13.2 Å². The Morgan fingerprint density at radius 3 is 2.38 bits per heavy atom. The zero-order chi connectivity index (χ0) is 27.7. The molecule has 0 radical (unpaired) electrons. The number of fused-ring (bicyclic) bond motifs is 3. The molecule has 3 aromatic rings. The first-order valence-corrected chi connectivity index (χ1v) is 14.8. The summed E-state index contributed by atoms with van der Waals surface area (Å²) in [5.41, 5.74) is 3.95. The van der Waals surface area contributed by atoms with Crippen LogP contribution in [-0.4, -0.2) is 60.8 Å². The SMILES string of the molecule is CCOc1ccc(S(=O)(=O)N(C)c2ccc(OCC(=O)N3c4ccc(C)cc4[C@@H]4C[NH+](C)CC[C@@H]43)cc2)cc1. The summed E-state index contributed by atoms with van der Waals surface area (Å²) in [5.74, 6) is 1.40. The van der Waals surface area contributed by atoms with Gasteiger partial charge < -0.3 is 19.3 Å². The van der Waals surface area contributed by atoms with E-state index in [0.717, 1.165) is 25.2 Å². The van der Waals surface area contributed by atoms with Gasteiger partial charge in [-0.1, -0.05) is 17.7 Å². The molecule has 3 atom stereocenters. The quantitative estimate of drug-likeness (QED) is 0.467. The molecule has 3 aromatic carbocycles. The third-order valence-corrected chi connectivity index (χ3v) is 9.50. The van der Waals surface area contributed by atoms with Crippen molar-refractivity contribution in [2.45, 2.75) is 37.1 Å². The van der Waals surface area contributed by atoms with Crippen molar-refractivity contribution >= 4 is 27.3 Å². The molecule has 1 fully saturated rings. The van der Waals surface area contributed by atoms with Gasteiger partial charge in [0.05, 0.1) is 49.3 Å². The van der Waals surface area contributed by atoms with E-state index in [0.29, 0.717) is 29.7 Å². The van der Waals surface area contributed by atoms with Crippen LogP contribution in [0.3, 0.4) is 0 Å². The number of rotatable bonds is 8. The lowest BCUT2D eigenvalue weighted by atomic mass is 9.89. The Labute approximate surface area is 230 Å². The van der Waals surface area contributed by atoms with Crippen molar-refractivity contribution in [3.63, 3.8) is 0 Å². The van der Waals surface area contributed by atoms with Crippen LogP contribution in [0.15, 0.2) is 71.6 Å². The molecule has 5 rings (SSSR count). The zero-order valence-electron chi connectivity index (χ0n) is 22.9. The lowest BCUT2D eigenvalue weighted by Crippen LogP contribution is -3.11. The summed E-state index contributed by atoms with van der Waals surface area (Å²) in [6.07, 6.45) is 0.958. The Morgan fingerprint density at radius 1 is 1.03 bits per heavy atom. The Morgan fingerprint density at radius 2 is 1.69 bits per heavy atom. The number of likely N-dealkylation sites (N-methyl/N-ethyl adjacent to an activating group) is 1. The van der Waals surface area contributed by atoms with Crippen molar-refractivity contribution in [1.82, 2.24) is 0 Å². The summed E-state index contributed by atoms with van der Waals surface area (Å²) < 4.78 is 38.7. The van der Waals surface area contributed by atoms with Crippen LogP contribution in [0.25, 0.3) is 0 Å². The molecule has 0 bridgehead atoms. The summed E-state index contributed by atoms with van der Waals surface area (Å²) in [7, 11) is -0.0224. The fourth-order valence-electron chi connectivity index (χ4n) is 5.66.